The van der Waals surface area contributed by atoms with Gasteiger partial charge in [-0.1, -0.05) is 60.7 Å². The molecule has 2 aromatic carbocycles. The molecule has 1 aliphatic rings. The summed E-state index contributed by atoms with van der Waals surface area (Å²) in [6, 6.07) is 18.7. The van der Waals surface area contributed by atoms with Crippen molar-refractivity contribution in [2.24, 2.45) is 0 Å². The van der Waals surface area contributed by atoms with Gasteiger partial charge >= 0.3 is 0 Å². The maximum Gasteiger partial charge on any atom is 0.00506 e. The molecule has 0 saturated carbocycles. The number of hydrogen-bond acceptors (Lipinski definition) is 0. The minimum absolute atomic E-state index is 0. The van der Waals surface area contributed by atoms with E-state index < -0.39 is 0 Å². The Morgan fingerprint density at radius 1 is 0.545 bits per heavy atom. The maximum absolute atomic E-state index is 6.69. The third kappa shape index (κ3) is 10.1. The molecule has 0 nitrogen and oxygen atoms in total. The van der Waals surface area contributed by atoms with E-state index in [1.54, 1.807) is 0 Å². The number of allylic oxidation sites excluding steroid dienone is 4. The standard InChI is InChI=1S/2C8H5.C5H5.Ho/c2*1-2-8-6-4-3-5-7-8;1-2-4-5-3-1;/h2*3-7H;1-5H;/q2*-1;;. The summed E-state index contributed by atoms with van der Waals surface area (Å²) in [5.41, 5.74) is 1.65. The molecule has 2 aromatic rings. The Kier molecular flexibility index (Phi) is 13.1. The molecule has 22 heavy (non-hydrogen) atoms. The van der Waals surface area contributed by atoms with E-state index in [1.807, 2.05) is 91.4 Å². The van der Waals surface area contributed by atoms with Gasteiger partial charge in [0.25, 0.3) is 0 Å². The molecule has 0 aliphatic heterocycles. The zero-order chi connectivity index (χ0) is 15.2. The fraction of sp³-hybridized carbons (Fsp3) is 0. The molecule has 112 valence electrons. The summed E-state index contributed by atoms with van der Waals surface area (Å²) in [6.45, 7) is 0. The molecule has 0 amide bonds. The van der Waals surface area contributed by atoms with Crippen LogP contribution in [0.25, 0.3) is 0 Å². The van der Waals surface area contributed by atoms with Crippen LogP contribution in [-0.2, 0) is 0 Å². The molecular weight excluding hydrogens is 417 g/mol. The number of rotatable bonds is 0. The quantitative estimate of drug-likeness (QED) is 0.325. The second kappa shape index (κ2) is 14.2. The zero-order valence-electron chi connectivity index (χ0n) is 12.0. The Bertz CT molecular complexity index is 578. The van der Waals surface area contributed by atoms with Crippen molar-refractivity contribution in [3.8, 4) is 11.8 Å². The van der Waals surface area contributed by atoms with Crippen molar-refractivity contribution in [1.29, 1.82) is 0 Å². The first-order valence-electron chi connectivity index (χ1n) is 6.49. The largest absolute Gasteiger partial charge is 0.366 e. The second-order valence-corrected chi connectivity index (χ2v) is 3.94. The summed E-state index contributed by atoms with van der Waals surface area (Å²) in [4.78, 5) is 0. The fourth-order valence-corrected chi connectivity index (χ4v) is 1.36. The predicted molar refractivity (Wildman–Crippen MR) is 87.9 cm³/mol. The van der Waals surface area contributed by atoms with E-state index in [4.69, 9.17) is 12.8 Å². The van der Waals surface area contributed by atoms with Crippen molar-refractivity contribution in [2.75, 3.05) is 0 Å². The molecule has 0 heterocycles. The Morgan fingerprint density at radius 2 is 0.909 bits per heavy atom. The average molecular weight is 432 g/mol. The van der Waals surface area contributed by atoms with Crippen molar-refractivity contribution < 1.29 is 37.7 Å². The fourth-order valence-electron chi connectivity index (χ4n) is 1.36. The van der Waals surface area contributed by atoms with Crippen LogP contribution in [0.15, 0.2) is 85.0 Å². The van der Waals surface area contributed by atoms with E-state index in [2.05, 4.69) is 11.8 Å². The third-order valence-electron chi connectivity index (χ3n) is 2.39. The summed E-state index contributed by atoms with van der Waals surface area (Å²) >= 11 is 0. The molecule has 0 atom stereocenters. The van der Waals surface area contributed by atoms with E-state index in [1.165, 1.54) is 0 Å². The second-order valence-electron chi connectivity index (χ2n) is 3.94. The van der Waals surface area contributed by atoms with Crippen LogP contribution >= 0.6 is 0 Å². The maximum atomic E-state index is 6.69. The van der Waals surface area contributed by atoms with Gasteiger partial charge in [-0.3, -0.25) is 11.8 Å². The molecule has 1 heteroatoms. The van der Waals surface area contributed by atoms with Gasteiger partial charge < -0.3 is 12.8 Å². The monoisotopic (exact) mass is 432 g/mol. The molecule has 0 fully saturated rings. The molecular formula is C21H15Ho-2. The van der Waals surface area contributed by atoms with Crippen molar-refractivity contribution in [3.05, 3.63) is 115 Å². The van der Waals surface area contributed by atoms with Crippen molar-refractivity contribution >= 4 is 0 Å². The van der Waals surface area contributed by atoms with Crippen LogP contribution < -0.4 is 0 Å². The van der Waals surface area contributed by atoms with Crippen molar-refractivity contribution in [2.45, 2.75) is 0 Å². The van der Waals surface area contributed by atoms with Gasteiger partial charge in [0.2, 0.25) is 0 Å². The van der Waals surface area contributed by atoms with Crippen LogP contribution in [0.3, 0.4) is 0 Å². The first-order chi connectivity index (χ1) is 10.4. The molecule has 0 saturated heterocycles. The molecule has 0 N–H and O–H groups in total. The molecule has 0 aromatic heterocycles. The summed E-state index contributed by atoms with van der Waals surface area (Å²) in [5.74, 6) is 4.55. The van der Waals surface area contributed by atoms with Crippen molar-refractivity contribution in [1.82, 2.24) is 0 Å². The third-order valence-corrected chi connectivity index (χ3v) is 2.39. The van der Waals surface area contributed by atoms with Gasteiger partial charge in [-0.25, -0.2) is 0 Å². The SMILES string of the molecule is [C-]#Cc1ccccc1.[C-]#Cc1ccccc1.[CH]1C=CC=C1.[Ho]. The predicted octanol–water partition coefficient (Wildman–Crippen LogP) is 4.57. The van der Waals surface area contributed by atoms with Crippen LogP contribution in [0, 0.1) is 68.8 Å². The van der Waals surface area contributed by atoms with Crippen molar-refractivity contribution in [3.63, 3.8) is 0 Å². The minimum Gasteiger partial charge on any atom is -0.366 e. The van der Waals surface area contributed by atoms with Crippen LogP contribution in [0.2, 0.25) is 0 Å². The van der Waals surface area contributed by atoms with E-state index >= 15 is 0 Å². The van der Waals surface area contributed by atoms with Gasteiger partial charge in [0.15, 0.2) is 0 Å². The smallest absolute Gasteiger partial charge is 0.00506 e. The summed E-state index contributed by atoms with van der Waals surface area (Å²) in [5, 5.41) is 0. The molecule has 2 radical (unpaired) electrons. The van der Waals surface area contributed by atoms with Gasteiger partial charge in [0, 0.05) is 44.2 Å². The first kappa shape index (κ1) is 20.3. The molecule has 1 aliphatic carbocycles. The molecule has 0 spiro atoms. The zero-order valence-corrected chi connectivity index (χ0v) is 13.9. The molecule has 0 unspecified atom stereocenters. The Morgan fingerprint density at radius 3 is 1.09 bits per heavy atom. The Balaban J connectivity index is 0.000000302. The first-order valence-corrected chi connectivity index (χ1v) is 6.49. The van der Waals surface area contributed by atoms with Gasteiger partial charge in [0.05, 0.1) is 0 Å². The number of benzene rings is 2. The van der Waals surface area contributed by atoms with E-state index in [0.717, 1.165) is 11.1 Å². The van der Waals surface area contributed by atoms with Crippen LogP contribution in [0.1, 0.15) is 11.1 Å². The van der Waals surface area contributed by atoms with Gasteiger partial charge in [-0.15, -0.1) is 35.4 Å². The number of hydrogen-bond donors (Lipinski definition) is 0. The van der Waals surface area contributed by atoms with Crippen LogP contribution in [0.5, 0.6) is 0 Å². The van der Waals surface area contributed by atoms with Crippen LogP contribution in [-0.4, -0.2) is 0 Å². The van der Waals surface area contributed by atoms with Crippen LogP contribution in [0.4, 0.5) is 0 Å². The minimum atomic E-state index is 0. The van der Waals surface area contributed by atoms with E-state index in [0.29, 0.717) is 0 Å². The summed E-state index contributed by atoms with van der Waals surface area (Å²) < 4.78 is 0. The average Bonchev–Trinajstić information content (AvgIpc) is 3.17. The van der Waals surface area contributed by atoms with Gasteiger partial charge in [-0.05, 0) is 0 Å². The van der Waals surface area contributed by atoms with Gasteiger partial charge in [0.1, 0.15) is 0 Å². The van der Waals surface area contributed by atoms with E-state index in [-0.39, 0.29) is 37.7 Å². The van der Waals surface area contributed by atoms with E-state index in [9.17, 15) is 0 Å². The molecule has 3 rings (SSSR count). The Hall–Kier alpha value is -1.70. The topological polar surface area (TPSA) is 0 Å². The van der Waals surface area contributed by atoms with Gasteiger partial charge in [-0.2, -0.15) is 0 Å². The normalized spacial score (nSPS) is 9.73. The summed E-state index contributed by atoms with van der Waals surface area (Å²) in [7, 11) is 0. The Labute approximate surface area is 164 Å². The summed E-state index contributed by atoms with van der Waals surface area (Å²) in [6.07, 6.45) is 23.4. The molecule has 0 bridgehead atoms.